The molecule has 0 radical (unpaired) electrons. The smallest absolute Gasteiger partial charge is 0.323 e. The van der Waals surface area contributed by atoms with Gasteiger partial charge in [0.05, 0.1) is 13.7 Å². The predicted molar refractivity (Wildman–Crippen MR) is 134 cm³/mol. The van der Waals surface area contributed by atoms with Crippen molar-refractivity contribution in [1.29, 1.82) is 0 Å². The summed E-state index contributed by atoms with van der Waals surface area (Å²) in [5.74, 6) is 1.41. The molecule has 1 aromatic heterocycles. The summed E-state index contributed by atoms with van der Waals surface area (Å²) in [6.45, 7) is 6.65. The third-order valence-corrected chi connectivity index (χ3v) is 7.56. The maximum Gasteiger partial charge on any atom is 0.323 e. The molecule has 1 aliphatic heterocycles. The van der Waals surface area contributed by atoms with Crippen molar-refractivity contribution in [3.63, 3.8) is 0 Å². The Kier molecular flexibility index (Phi) is 7.84. The molecule has 3 atom stereocenters. The number of ether oxygens (including phenoxy) is 2. The molecule has 0 spiro atoms. The van der Waals surface area contributed by atoms with E-state index in [1.54, 1.807) is 0 Å². The Morgan fingerprint density at radius 3 is 2.42 bits per heavy atom. The number of hydrogen-bond acceptors (Lipinski definition) is 5. The van der Waals surface area contributed by atoms with Gasteiger partial charge in [0.25, 0.3) is 0 Å². The Morgan fingerprint density at radius 1 is 1.06 bits per heavy atom. The minimum Gasteiger partial charge on any atom is -0.493 e. The van der Waals surface area contributed by atoms with E-state index in [4.69, 9.17) is 9.47 Å². The molecule has 3 aromatic rings. The standard InChI is InChI=1S/C28H33NO3S/c1-4-25(28(30)31-3)29-17-16-21(18-29)19-32-24-13-11-23(12-14-24)27(22-8-6-5-7-9-22)26-15-10-20(2)33-26/h5-15,21,25,27H,4,16-19H2,1-3H3/t21?,25-,27?/m1/s1. The number of nitrogens with zero attached hydrogens (tertiary/aromatic N) is 1. The highest BCUT2D eigenvalue weighted by Crippen LogP contribution is 2.36. The molecule has 0 amide bonds. The molecule has 4 rings (SSSR count). The van der Waals surface area contributed by atoms with E-state index in [0.717, 1.165) is 31.7 Å². The van der Waals surface area contributed by atoms with Gasteiger partial charge in [-0.15, -0.1) is 11.3 Å². The molecule has 174 valence electrons. The maximum absolute atomic E-state index is 12.0. The van der Waals surface area contributed by atoms with Crippen molar-refractivity contribution in [2.24, 2.45) is 5.92 Å². The van der Waals surface area contributed by atoms with Gasteiger partial charge in [-0.1, -0.05) is 49.4 Å². The summed E-state index contributed by atoms with van der Waals surface area (Å²) in [7, 11) is 1.47. The third-order valence-electron chi connectivity index (χ3n) is 6.50. The van der Waals surface area contributed by atoms with Gasteiger partial charge in [0.1, 0.15) is 11.8 Å². The molecule has 0 bridgehead atoms. The minimum absolute atomic E-state index is 0.136. The molecule has 2 unspecified atom stereocenters. The summed E-state index contributed by atoms with van der Waals surface area (Å²) in [5, 5.41) is 0. The van der Waals surface area contributed by atoms with Crippen molar-refractivity contribution in [1.82, 2.24) is 4.90 Å². The molecule has 0 saturated carbocycles. The first-order chi connectivity index (χ1) is 16.1. The van der Waals surface area contributed by atoms with Crippen LogP contribution < -0.4 is 4.74 Å². The van der Waals surface area contributed by atoms with Crippen LogP contribution in [0.1, 0.15) is 46.6 Å². The lowest BCUT2D eigenvalue weighted by Crippen LogP contribution is -2.40. The van der Waals surface area contributed by atoms with Crippen LogP contribution in [0.15, 0.2) is 66.7 Å². The number of benzene rings is 2. The van der Waals surface area contributed by atoms with Crippen LogP contribution in [-0.4, -0.2) is 43.7 Å². The second-order valence-corrected chi connectivity index (χ2v) is 10.1. The zero-order valence-electron chi connectivity index (χ0n) is 19.7. The average Bonchev–Trinajstić information content (AvgIpc) is 3.49. The van der Waals surface area contributed by atoms with E-state index in [1.807, 2.05) is 18.3 Å². The quantitative estimate of drug-likeness (QED) is 0.371. The molecule has 2 aromatic carbocycles. The van der Waals surface area contributed by atoms with Gasteiger partial charge in [-0.2, -0.15) is 0 Å². The summed E-state index contributed by atoms with van der Waals surface area (Å²) in [4.78, 5) is 16.9. The van der Waals surface area contributed by atoms with E-state index in [1.165, 1.54) is 28.0 Å². The molecular weight excluding hydrogens is 430 g/mol. The molecule has 4 nitrogen and oxygen atoms in total. The van der Waals surface area contributed by atoms with Gasteiger partial charge in [-0.25, -0.2) is 0 Å². The Balaban J connectivity index is 1.40. The largest absolute Gasteiger partial charge is 0.493 e. The van der Waals surface area contributed by atoms with Crippen molar-refractivity contribution in [3.8, 4) is 5.75 Å². The lowest BCUT2D eigenvalue weighted by molar-refractivity contribution is -0.146. The number of hydrogen-bond donors (Lipinski definition) is 0. The number of esters is 1. The lowest BCUT2D eigenvalue weighted by atomic mass is 9.90. The monoisotopic (exact) mass is 463 g/mol. The van der Waals surface area contributed by atoms with E-state index in [9.17, 15) is 4.79 Å². The van der Waals surface area contributed by atoms with Crippen LogP contribution in [0.3, 0.4) is 0 Å². The van der Waals surface area contributed by atoms with Crippen LogP contribution >= 0.6 is 11.3 Å². The Bertz CT molecular complexity index is 1030. The summed E-state index contributed by atoms with van der Waals surface area (Å²) in [6, 6.07) is 23.5. The summed E-state index contributed by atoms with van der Waals surface area (Å²) >= 11 is 1.86. The van der Waals surface area contributed by atoms with Gasteiger partial charge in [-0.3, -0.25) is 9.69 Å². The van der Waals surface area contributed by atoms with E-state index in [-0.39, 0.29) is 17.9 Å². The molecule has 2 heterocycles. The molecule has 1 saturated heterocycles. The van der Waals surface area contributed by atoms with Gasteiger partial charge < -0.3 is 9.47 Å². The first kappa shape index (κ1) is 23.5. The molecular formula is C28H33NO3S. The molecule has 1 fully saturated rings. The number of thiophene rings is 1. The normalized spacial score (nSPS) is 18.1. The van der Waals surface area contributed by atoms with Crippen LogP contribution in [0.4, 0.5) is 0 Å². The second kappa shape index (κ2) is 11.0. The van der Waals surface area contributed by atoms with Gasteiger partial charge >= 0.3 is 5.97 Å². The number of methoxy groups -OCH3 is 1. The summed E-state index contributed by atoms with van der Waals surface area (Å²) in [5.41, 5.74) is 2.57. The van der Waals surface area contributed by atoms with Crippen LogP contribution in [0.25, 0.3) is 0 Å². The first-order valence-electron chi connectivity index (χ1n) is 11.7. The lowest BCUT2D eigenvalue weighted by Gasteiger charge is -2.24. The zero-order chi connectivity index (χ0) is 23.2. The van der Waals surface area contributed by atoms with Crippen LogP contribution in [0.5, 0.6) is 5.75 Å². The van der Waals surface area contributed by atoms with Crippen LogP contribution in [-0.2, 0) is 9.53 Å². The van der Waals surface area contributed by atoms with Crippen molar-refractivity contribution < 1.29 is 14.3 Å². The first-order valence-corrected chi connectivity index (χ1v) is 12.6. The van der Waals surface area contributed by atoms with Crippen LogP contribution in [0, 0.1) is 12.8 Å². The molecule has 33 heavy (non-hydrogen) atoms. The third kappa shape index (κ3) is 5.66. The second-order valence-electron chi connectivity index (χ2n) is 8.77. The van der Waals surface area contributed by atoms with E-state index < -0.39 is 0 Å². The summed E-state index contributed by atoms with van der Waals surface area (Å²) < 4.78 is 11.1. The van der Waals surface area contributed by atoms with E-state index in [2.05, 4.69) is 78.6 Å². The fraction of sp³-hybridized carbons (Fsp3) is 0.393. The van der Waals surface area contributed by atoms with E-state index >= 15 is 0 Å². The van der Waals surface area contributed by atoms with Crippen molar-refractivity contribution >= 4 is 17.3 Å². The molecule has 5 heteroatoms. The fourth-order valence-corrected chi connectivity index (χ4v) is 5.77. The Labute approximate surface area is 201 Å². The van der Waals surface area contributed by atoms with Crippen molar-refractivity contribution in [2.75, 3.05) is 26.8 Å². The number of carbonyl (C=O) groups excluding carboxylic acids is 1. The Hall–Kier alpha value is -2.63. The maximum atomic E-state index is 12.0. The van der Waals surface area contributed by atoms with Gasteiger partial charge in [0.2, 0.25) is 0 Å². The highest BCUT2D eigenvalue weighted by atomic mass is 32.1. The molecule has 1 aliphatic rings. The number of aryl methyl sites for hydroxylation is 1. The van der Waals surface area contributed by atoms with Crippen molar-refractivity contribution in [2.45, 2.75) is 38.6 Å². The summed E-state index contributed by atoms with van der Waals surface area (Å²) in [6.07, 6.45) is 1.81. The molecule has 0 aliphatic carbocycles. The topological polar surface area (TPSA) is 38.8 Å². The zero-order valence-corrected chi connectivity index (χ0v) is 20.5. The highest BCUT2D eigenvalue weighted by Gasteiger charge is 2.32. The Morgan fingerprint density at radius 2 is 1.79 bits per heavy atom. The SMILES string of the molecule is CC[C@H](C(=O)OC)N1CCC(COc2ccc(C(c3ccccc3)c3ccc(C)s3)cc2)C1. The highest BCUT2D eigenvalue weighted by molar-refractivity contribution is 7.12. The van der Waals surface area contributed by atoms with E-state index in [0.29, 0.717) is 12.5 Å². The molecule has 0 N–H and O–H groups in total. The van der Waals surface area contributed by atoms with Crippen molar-refractivity contribution in [3.05, 3.63) is 87.6 Å². The van der Waals surface area contributed by atoms with Gasteiger partial charge in [0, 0.05) is 28.1 Å². The average molecular weight is 464 g/mol. The number of carbonyl (C=O) groups is 1. The number of rotatable bonds is 9. The van der Waals surface area contributed by atoms with Gasteiger partial charge in [-0.05, 0) is 61.7 Å². The minimum atomic E-state index is -0.143. The fourth-order valence-electron chi connectivity index (χ4n) is 4.74. The van der Waals surface area contributed by atoms with Gasteiger partial charge in [0.15, 0.2) is 0 Å². The predicted octanol–water partition coefficient (Wildman–Crippen LogP) is 5.89. The van der Waals surface area contributed by atoms with Crippen LogP contribution in [0.2, 0.25) is 0 Å². The number of likely N-dealkylation sites (tertiary alicyclic amines) is 1.